The molecule has 3 rings (SSSR count). The molecule has 6 heteroatoms. The summed E-state index contributed by atoms with van der Waals surface area (Å²) in [5.41, 5.74) is 8.11. The van der Waals surface area contributed by atoms with Crippen LogP contribution in [0.2, 0.25) is 0 Å². The van der Waals surface area contributed by atoms with Crippen LogP contribution in [0.1, 0.15) is 29.9 Å². The molecule has 2 aromatic rings. The van der Waals surface area contributed by atoms with Crippen LogP contribution >= 0.6 is 0 Å². The molecule has 112 valence electrons. The van der Waals surface area contributed by atoms with Gasteiger partial charge >= 0.3 is 0 Å². The Bertz CT molecular complexity index is 637. The van der Waals surface area contributed by atoms with E-state index in [2.05, 4.69) is 10.1 Å². The van der Waals surface area contributed by atoms with Crippen molar-refractivity contribution >= 4 is 0 Å². The van der Waals surface area contributed by atoms with Crippen molar-refractivity contribution in [3.8, 4) is 17.1 Å². The van der Waals surface area contributed by atoms with Gasteiger partial charge in [0.05, 0.1) is 0 Å². The first-order valence-electron chi connectivity index (χ1n) is 7.01. The summed E-state index contributed by atoms with van der Waals surface area (Å²) >= 11 is 0. The van der Waals surface area contributed by atoms with Crippen LogP contribution in [0.25, 0.3) is 11.4 Å². The molecule has 2 heterocycles. The number of nitrogens with two attached hydrogens (primary N) is 1. The van der Waals surface area contributed by atoms with Gasteiger partial charge in [-0.05, 0) is 49.9 Å². The lowest BCUT2D eigenvalue weighted by Crippen LogP contribution is -2.42. The predicted molar refractivity (Wildman–Crippen MR) is 76.8 cm³/mol. The van der Waals surface area contributed by atoms with Crippen molar-refractivity contribution in [2.24, 2.45) is 5.73 Å². The first-order chi connectivity index (χ1) is 9.99. The fourth-order valence-corrected chi connectivity index (χ4v) is 2.58. The van der Waals surface area contributed by atoms with Crippen LogP contribution in [-0.2, 0) is 10.3 Å². The molecule has 1 aliphatic rings. The number of rotatable bonds is 2. The largest absolute Gasteiger partial charge is 0.507 e. The maximum absolute atomic E-state index is 9.83. The molecule has 21 heavy (non-hydrogen) atoms. The van der Waals surface area contributed by atoms with E-state index in [-0.39, 0.29) is 0 Å². The lowest BCUT2D eigenvalue weighted by Gasteiger charge is -2.29. The number of aromatic hydroxyl groups is 1. The highest BCUT2D eigenvalue weighted by atomic mass is 16.5. The summed E-state index contributed by atoms with van der Waals surface area (Å²) in [6, 6.07) is 3.67. The van der Waals surface area contributed by atoms with E-state index in [4.69, 9.17) is 15.0 Å². The first-order valence-corrected chi connectivity index (χ1v) is 7.01. The first kappa shape index (κ1) is 14.0. The van der Waals surface area contributed by atoms with Crippen LogP contribution in [0, 0.1) is 13.8 Å². The highest BCUT2D eigenvalue weighted by Gasteiger charge is 2.35. The highest BCUT2D eigenvalue weighted by molar-refractivity contribution is 5.60. The number of aromatic nitrogens is 2. The van der Waals surface area contributed by atoms with Crippen molar-refractivity contribution in [3.63, 3.8) is 0 Å². The molecule has 0 aliphatic carbocycles. The SMILES string of the molecule is Cc1cc(-c2noc(C3(N)CCOCC3)n2)cc(C)c1O. The summed E-state index contributed by atoms with van der Waals surface area (Å²) in [5.74, 6) is 1.24. The Hall–Kier alpha value is -1.92. The summed E-state index contributed by atoms with van der Waals surface area (Å²) in [5, 5.41) is 13.9. The molecule has 0 unspecified atom stereocenters. The number of benzene rings is 1. The lowest BCUT2D eigenvalue weighted by molar-refractivity contribution is 0.0400. The maximum Gasteiger partial charge on any atom is 0.247 e. The molecule has 1 fully saturated rings. The number of aryl methyl sites for hydroxylation is 2. The second-order valence-electron chi connectivity index (χ2n) is 5.65. The number of phenolic OH excluding ortho intramolecular Hbond substituents is 1. The molecule has 0 spiro atoms. The number of nitrogens with zero attached hydrogens (tertiary/aromatic N) is 2. The van der Waals surface area contributed by atoms with Crippen LogP contribution in [0.3, 0.4) is 0 Å². The average Bonchev–Trinajstić information content (AvgIpc) is 2.95. The molecule has 0 bridgehead atoms. The number of ether oxygens (including phenoxy) is 1. The van der Waals surface area contributed by atoms with Gasteiger partial charge in [-0.3, -0.25) is 0 Å². The van der Waals surface area contributed by atoms with Gasteiger partial charge in [-0.2, -0.15) is 4.98 Å². The number of hydrogen-bond donors (Lipinski definition) is 2. The van der Waals surface area contributed by atoms with Gasteiger partial charge < -0.3 is 20.1 Å². The molecular weight excluding hydrogens is 270 g/mol. The Morgan fingerprint density at radius 2 is 1.81 bits per heavy atom. The Morgan fingerprint density at radius 3 is 2.43 bits per heavy atom. The van der Waals surface area contributed by atoms with Gasteiger partial charge in [-0.15, -0.1) is 0 Å². The zero-order chi connectivity index (χ0) is 15.0. The second kappa shape index (κ2) is 5.13. The summed E-state index contributed by atoms with van der Waals surface area (Å²) in [7, 11) is 0. The van der Waals surface area contributed by atoms with Crippen LogP contribution in [0.5, 0.6) is 5.75 Å². The van der Waals surface area contributed by atoms with Crippen LogP contribution in [-0.4, -0.2) is 28.5 Å². The Balaban J connectivity index is 1.95. The summed E-state index contributed by atoms with van der Waals surface area (Å²) in [6.07, 6.45) is 1.34. The van der Waals surface area contributed by atoms with Crippen molar-refractivity contribution in [2.75, 3.05) is 13.2 Å². The summed E-state index contributed by atoms with van der Waals surface area (Å²) < 4.78 is 10.7. The lowest BCUT2D eigenvalue weighted by atomic mass is 9.91. The quantitative estimate of drug-likeness (QED) is 0.878. The molecule has 6 nitrogen and oxygen atoms in total. The third-order valence-corrected chi connectivity index (χ3v) is 3.99. The normalized spacial score (nSPS) is 17.9. The zero-order valence-electron chi connectivity index (χ0n) is 12.2. The van der Waals surface area contributed by atoms with Crippen LogP contribution in [0.15, 0.2) is 16.7 Å². The zero-order valence-corrected chi connectivity index (χ0v) is 12.2. The van der Waals surface area contributed by atoms with E-state index < -0.39 is 5.54 Å². The van der Waals surface area contributed by atoms with Crippen molar-refractivity contribution in [3.05, 3.63) is 29.2 Å². The molecule has 0 atom stereocenters. The smallest absolute Gasteiger partial charge is 0.247 e. The molecule has 3 N–H and O–H groups in total. The molecule has 0 radical (unpaired) electrons. The standard InChI is InChI=1S/C15H19N3O3/c1-9-7-11(8-10(2)12(9)19)13-17-14(21-18-13)15(16)3-5-20-6-4-15/h7-8,19H,3-6,16H2,1-2H3. The Kier molecular flexibility index (Phi) is 3.43. The van der Waals surface area contributed by atoms with Crippen LogP contribution in [0.4, 0.5) is 0 Å². The minimum Gasteiger partial charge on any atom is -0.507 e. The van der Waals surface area contributed by atoms with E-state index >= 15 is 0 Å². The molecule has 1 aromatic heterocycles. The molecule has 1 aliphatic heterocycles. The fourth-order valence-electron chi connectivity index (χ4n) is 2.58. The van der Waals surface area contributed by atoms with E-state index in [0.29, 0.717) is 43.5 Å². The fraction of sp³-hybridized carbons (Fsp3) is 0.467. The van der Waals surface area contributed by atoms with E-state index in [1.165, 1.54) is 0 Å². The minimum absolute atomic E-state index is 0.294. The van der Waals surface area contributed by atoms with Gasteiger partial charge in [-0.25, -0.2) is 0 Å². The molecule has 0 saturated carbocycles. The summed E-state index contributed by atoms with van der Waals surface area (Å²) in [4.78, 5) is 4.45. The molecule has 1 aromatic carbocycles. The van der Waals surface area contributed by atoms with Gasteiger partial charge in [0.15, 0.2) is 0 Å². The minimum atomic E-state index is -0.607. The molecule has 1 saturated heterocycles. The predicted octanol–water partition coefficient (Wildman–Crippen LogP) is 2.02. The second-order valence-corrected chi connectivity index (χ2v) is 5.65. The van der Waals surface area contributed by atoms with Gasteiger partial charge in [0, 0.05) is 18.8 Å². The number of hydrogen-bond acceptors (Lipinski definition) is 6. The van der Waals surface area contributed by atoms with Crippen molar-refractivity contribution in [1.82, 2.24) is 10.1 Å². The topological polar surface area (TPSA) is 94.4 Å². The van der Waals surface area contributed by atoms with E-state index in [0.717, 1.165) is 16.7 Å². The van der Waals surface area contributed by atoms with Crippen molar-refractivity contribution in [1.29, 1.82) is 0 Å². The average molecular weight is 289 g/mol. The monoisotopic (exact) mass is 289 g/mol. The third-order valence-electron chi connectivity index (χ3n) is 3.99. The van der Waals surface area contributed by atoms with Gasteiger partial charge in [0.2, 0.25) is 11.7 Å². The van der Waals surface area contributed by atoms with E-state index in [9.17, 15) is 5.11 Å². The van der Waals surface area contributed by atoms with Gasteiger partial charge in [0.25, 0.3) is 0 Å². The van der Waals surface area contributed by atoms with Crippen LogP contribution < -0.4 is 5.73 Å². The molecular formula is C15H19N3O3. The highest BCUT2D eigenvalue weighted by Crippen LogP contribution is 2.31. The van der Waals surface area contributed by atoms with Crippen molar-refractivity contribution in [2.45, 2.75) is 32.2 Å². The Labute approximate surface area is 122 Å². The molecule has 0 amide bonds. The van der Waals surface area contributed by atoms with E-state index in [1.54, 1.807) is 0 Å². The third kappa shape index (κ3) is 2.52. The summed E-state index contributed by atoms with van der Waals surface area (Å²) in [6.45, 7) is 4.89. The van der Waals surface area contributed by atoms with E-state index in [1.807, 2.05) is 26.0 Å². The Morgan fingerprint density at radius 1 is 1.19 bits per heavy atom. The maximum atomic E-state index is 9.83. The van der Waals surface area contributed by atoms with Gasteiger partial charge in [-0.1, -0.05) is 5.16 Å². The van der Waals surface area contributed by atoms with Crippen molar-refractivity contribution < 1.29 is 14.4 Å². The number of phenols is 1. The van der Waals surface area contributed by atoms with Gasteiger partial charge in [0.1, 0.15) is 11.3 Å².